The van der Waals surface area contributed by atoms with Crippen molar-refractivity contribution in [3.05, 3.63) is 36.0 Å². The minimum Gasteiger partial charge on any atom is -0.390 e. The minimum absolute atomic E-state index is 0.0186. The minimum atomic E-state index is -3.40. The summed E-state index contributed by atoms with van der Waals surface area (Å²) in [6.07, 6.45) is 10.1. The van der Waals surface area contributed by atoms with E-state index < -0.39 is 15.4 Å². The molecule has 1 aromatic carbocycles. The van der Waals surface area contributed by atoms with Crippen molar-refractivity contribution >= 4 is 21.4 Å². The number of aliphatic hydroxyl groups is 1. The van der Waals surface area contributed by atoms with Gasteiger partial charge in [0.05, 0.1) is 10.5 Å². The molecule has 5 saturated carbocycles. The Morgan fingerprint density at radius 1 is 1.14 bits per heavy atom. The number of benzene rings is 1. The highest BCUT2D eigenvalue weighted by Gasteiger charge is 2.54. The van der Waals surface area contributed by atoms with Crippen LogP contribution in [0.5, 0.6) is 0 Å². The second-order valence-electron chi connectivity index (χ2n) is 12.3. The van der Waals surface area contributed by atoms with E-state index in [-0.39, 0.29) is 27.6 Å². The molecule has 0 radical (unpaired) electrons. The van der Waals surface area contributed by atoms with Crippen LogP contribution in [0.1, 0.15) is 88.8 Å². The lowest BCUT2D eigenvalue weighted by Gasteiger charge is -2.53. The highest BCUT2D eigenvalue weighted by atomic mass is 32.2. The maximum atomic E-state index is 13.7. The number of hydrogen-bond donors (Lipinski definition) is 1. The third-order valence-electron chi connectivity index (χ3n) is 9.28. The molecule has 1 N–H and O–H groups in total. The molecule has 1 aromatic heterocycles. The van der Waals surface area contributed by atoms with Crippen LogP contribution in [0.3, 0.4) is 0 Å². The number of sulfone groups is 1. The highest BCUT2D eigenvalue weighted by molar-refractivity contribution is 7.90. The summed E-state index contributed by atoms with van der Waals surface area (Å²) in [6.45, 7) is 2.32. The van der Waals surface area contributed by atoms with E-state index in [1.807, 2.05) is 11.0 Å². The van der Waals surface area contributed by atoms with Gasteiger partial charge < -0.3 is 14.5 Å². The molecule has 9 heteroatoms. The van der Waals surface area contributed by atoms with Gasteiger partial charge in [0.25, 0.3) is 0 Å². The molecule has 0 saturated heterocycles. The van der Waals surface area contributed by atoms with E-state index >= 15 is 0 Å². The lowest BCUT2D eigenvalue weighted by molar-refractivity contribution is -0.137. The van der Waals surface area contributed by atoms with Crippen molar-refractivity contribution in [2.24, 2.45) is 11.3 Å². The standard InChI is InChI=1S/C27H35N3O5S/c1-25(32)15-19(16-25)23(31)30(20-4-3-5-21(14-20)36(2,33)34)17-26-8-11-27(12-9-26,13-10-26)24-28-22(29-35-24)18-6-7-18/h3-5,14,18-19,32H,6-13,15-17H2,1-2H3. The number of fused-ring (bicyclic) bond motifs is 3. The van der Waals surface area contributed by atoms with Crippen molar-refractivity contribution in [3.63, 3.8) is 0 Å². The van der Waals surface area contributed by atoms with Crippen LogP contribution < -0.4 is 4.90 Å². The number of anilines is 1. The molecule has 2 bridgehead atoms. The number of carbonyl (C=O) groups excluding carboxylic acids is 1. The first-order chi connectivity index (χ1) is 17.0. The van der Waals surface area contributed by atoms with E-state index in [1.165, 1.54) is 6.26 Å². The van der Waals surface area contributed by atoms with E-state index in [2.05, 4.69) is 5.16 Å². The molecule has 1 heterocycles. The normalized spacial score (nSPS) is 33.8. The molecule has 0 unspecified atom stereocenters. The topological polar surface area (TPSA) is 114 Å². The Labute approximate surface area is 212 Å². The predicted octanol–water partition coefficient (Wildman–Crippen LogP) is 4.14. The Hall–Kier alpha value is -2.26. The van der Waals surface area contributed by atoms with Crippen molar-refractivity contribution in [2.75, 3.05) is 17.7 Å². The van der Waals surface area contributed by atoms with Gasteiger partial charge in [-0.3, -0.25) is 4.79 Å². The maximum absolute atomic E-state index is 13.7. The number of rotatable bonds is 7. The van der Waals surface area contributed by atoms with Crippen LogP contribution in [0.25, 0.3) is 0 Å². The van der Waals surface area contributed by atoms with Gasteiger partial charge in [-0.25, -0.2) is 8.42 Å². The van der Waals surface area contributed by atoms with Gasteiger partial charge in [-0.2, -0.15) is 4.98 Å². The molecule has 0 spiro atoms. The number of hydrogen-bond acceptors (Lipinski definition) is 7. The molecular formula is C27H35N3O5S. The first-order valence-electron chi connectivity index (χ1n) is 13.2. The van der Waals surface area contributed by atoms with Crippen LogP contribution in [0.4, 0.5) is 5.69 Å². The van der Waals surface area contributed by atoms with Gasteiger partial charge in [0, 0.05) is 35.7 Å². The van der Waals surface area contributed by atoms with Crippen LogP contribution in [0.15, 0.2) is 33.7 Å². The summed E-state index contributed by atoms with van der Waals surface area (Å²) in [5.41, 5.74) is -0.265. The second-order valence-corrected chi connectivity index (χ2v) is 14.3. The Morgan fingerprint density at radius 2 is 1.81 bits per heavy atom. The van der Waals surface area contributed by atoms with Gasteiger partial charge in [0.2, 0.25) is 11.8 Å². The van der Waals surface area contributed by atoms with Crippen molar-refractivity contribution in [3.8, 4) is 0 Å². The summed E-state index contributed by atoms with van der Waals surface area (Å²) in [7, 11) is -3.40. The second kappa shape index (κ2) is 8.12. The smallest absolute Gasteiger partial charge is 0.232 e. The molecule has 8 nitrogen and oxygen atoms in total. The first kappa shape index (κ1) is 24.1. The monoisotopic (exact) mass is 513 g/mol. The van der Waals surface area contributed by atoms with Crippen LogP contribution in [0.2, 0.25) is 0 Å². The molecular weight excluding hydrogens is 478 g/mol. The molecule has 0 atom stereocenters. The summed E-state index contributed by atoms with van der Waals surface area (Å²) in [5, 5.41) is 14.5. The molecule has 194 valence electrons. The van der Waals surface area contributed by atoms with E-state index in [9.17, 15) is 18.3 Å². The lowest BCUT2D eigenvalue weighted by atomic mass is 9.53. The zero-order valence-corrected chi connectivity index (χ0v) is 21.9. The SMILES string of the molecule is CC1(O)CC(C(=O)N(CC23CCC(c4nc(C5CC5)no4)(CC2)CC3)c2cccc(S(C)(=O)=O)c2)C1. The molecule has 2 aromatic rings. The summed E-state index contributed by atoms with van der Waals surface area (Å²) < 4.78 is 30.2. The predicted molar refractivity (Wildman–Crippen MR) is 133 cm³/mol. The number of nitrogens with zero attached hydrogens (tertiary/aromatic N) is 3. The largest absolute Gasteiger partial charge is 0.390 e. The Bertz CT molecular complexity index is 1260. The van der Waals surface area contributed by atoms with Gasteiger partial charge in [-0.1, -0.05) is 11.2 Å². The van der Waals surface area contributed by atoms with Crippen molar-refractivity contribution in [1.82, 2.24) is 10.1 Å². The van der Waals surface area contributed by atoms with Gasteiger partial charge in [-0.15, -0.1) is 0 Å². The molecule has 7 rings (SSSR count). The fourth-order valence-corrected chi connectivity index (χ4v) is 7.35. The zero-order chi connectivity index (χ0) is 25.3. The first-order valence-corrected chi connectivity index (χ1v) is 15.0. The maximum Gasteiger partial charge on any atom is 0.232 e. The van der Waals surface area contributed by atoms with Crippen LogP contribution in [-0.2, 0) is 20.0 Å². The Balaban J connectivity index is 1.25. The molecule has 36 heavy (non-hydrogen) atoms. The van der Waals surface area contributed by atoms with Gasteiger partial charge >= 0.3 is 0 Å². The number of aromatic nitrogens is 2. The summed E-state index contributed by atoms with van der Waals surface area (Å²) >= 11 is 0. The Morgan fingerprint density at radius 3 is 2.39 bits per heavy atom. The van der Waals surface area contributed by atoms with Crippen LogP contribution in [0, 0.1) is 11.3 Å². The molecule has 5 aliphatic carbocycles. The van der Waals surface area contributed by atoms with Gasteiger partial charge in [-0.05, 0) is 94.7 Å². The van der Waals surface area contributed by atoms with E-state index in [1.54, 1.807) is 25.1 Å². The number of carbonyl (C=O) groups is 1. The fourth-order valence-electron chi connectivity index (χ4n) is 6.69. The average molecular weight is 514 g/mol. The third kappa shape index (κ3) is 4.28. The van der Waals surface area contributed by atoms with Gasteiger partial charge in [0.1, 0.15) is 0 Å². The van der Waals surface area contributed by atoms with E-state index in [4.69, 9.17) is 9.51 Å². The van der Waals surface area contributed by atoms with Crippen LogP contribution in [-0.4, -0.2) is 48.0 Å². The Kier molecular flexibility index (Phi) is 5.43. The molecule has 5 aliphatic rings. The van der Waals surface area contributed by atoms with E-state index in [0.29, 0.717) is 31.0 Å². The van der Waals surface area contributed by atoms with Crippen LogP contribution >= 0.6 is 0 Å². The van der Waals surface area contributed by atoms with E-state index in [0.717, 1.165) is 63.1 Å². The van der Waals surface area contributed by atoms with Gasteiger partial charge in [0.15, 0.2) is 15.7 Å². The average Bonchev–Trinajstić information content (AvgIpc) is 3.57. The van der Waals surface area contributed by atoms with Crippen molar-refractivity contribution in [1.29, 1.82) is 0 Å². The lowest BCUT2D eigenvalue weighted by Crippen LogP contribution is -2.54. The van der Waals surface area contributed by atoms with Crippen molar-refractivity contribution < 1.29 is 22.8 Å². The zero-order valence-electron chi connectivity index (χ0n) is 21.1. The molecule has 0 aliphatic heterocycles. The summed E-state index contributed by atoms with van der Waals surface area (Å²) in [4.78, 5) is 20.5. The number of amides is 1. The molecule has 1 amide bonds. The van der Waals surface area contributed by atoms with Crippen molar-refractivity contribution in [2.45, 2.75) is 93.0 Å². The molecule has 5 fully saturated rings. The highest BCUT2D eigenvalue weighted by Crippen LogP contribution is 2.58. The summed E-state index contributed by atoms with van der Waals surface area (Å²) in [5.74, 6) is 1.86. The fraction of sp³-hybridized carbons (Fsp3) is 0.667. The summed E-state index contributed by atoms with van der Waals surface area (Å²) in [6, 6.07) is 6.73. The quantitative estimate of drug-likeness (QED) is 0.592. The third-order valence-corrected chi connectivity index (χ3v) is 10.4.